The Morgan fingerprint density at radius 2 is 2.05 bits per heavy atom. The van der Waals surface area contributed by atoms with Gasteiger partial charge in [0.05, 0.1) is 19.9 Å². The molecule has 2 aromatic rings. The van der Waals surface area contributed by atoms with E-state index in [1.54, 1.807) is 6.07 Å². The van der Waals surface area contributed by atoms with E-state index in [9.17, 15) is 4.79 Å². The summed E-state index contributed by atoms with van der Waals surface area (Å²) < 4.78 is 10.9. The monoisotopic (exact) mass is 364 g/mol. The fraction of sp³-hybridized carbons (Fsp3) is 0.250. The number of pyridine rings is 1. The Hall–Kier alpha value is -2.08. The maximum atomic E-state index is 11.6. The molecular weight excluding hydrogens is 348 g/mol. The van der Waals surface area contributed by atoms with E-state index in [2.05, 4.69) is 26.2 Å². The average molecular weight is 365 g/mol. The average Bonchev–Trinajstić information content (AvgIpc) is 2.54. The van der Waals surface area contributed by atoms with Gasteiger partial charge in [0.25, 0.3) is 0 Å². The van der Waals surface area contributed by atoms with E-state index < -0.39 is 5.97 Å². The quantitative estimate of drug-likeness (QED) is 0.821. The van der Waals surface area contributed by atoms with Gasteiger partial charge in [-0.15, -0.1) is 0 Å². The molecule has 116 valence electrons. The van der Waals surface area contributed by atoms with Gasteiger partial charge in [-0.25, -0.2) is 9.78 Å². The highest BCUT2D eigenvalue weighted by Gasteiger charge is 2.13. The summed E-state index contributed by atoms with van der Waals surface area (Å²) in [6, 6.07) is 9.21. The SMILES string of the molecule is COC(=O)c1ccc(CNc2ccc(Br)c(C)n2)cc1OC. The third-order valence-corrected chi connectivity index (χ3v) is 4.00. The minimum Gasteiger partial charge on any atom is -0.496 e. The third kappa shape index (κ3) is 3.76. The van der Waals surface area contributed by atoms with Gasteiger partial charge in [0, 0.05) is 11.0 Å². The van der Waals surface area contributed by atoms with Gasteiger partial charge in [-0.3, -0.25) is 0 Å². The highest BCUT2D eigenvalue weighted by molar-refractivity contribution is 9.10. The lowest BCUT2D eigenvalue weighted by molar-refractivity contribution is 0.0597. The second-order valence-electron chi connectivity index (χ2n) is 4.64. The number of hydrogen-bond donors (Lipinski definition) is 1. The highest BCUT2D eigenvalue weighted by atomic mass is 79.9. The fourth-order valence-corrected chi connectivity index (χ4v) is 2.18. The molecule has 2 rings (SSSR count). The van der Waals surface area contributed by atoms with Crippen LogP contribution in [0.5, 0.6) is 5.75 Å². The molecule has 1 aromatic carbocycles. The number of nitrogens with one attached hydrogen (secondary N) is 1. The van der Waals surface area contributed by atoms with Gasteiger partial charge >= 0.3 is 5.97 Å². The molecule has 5 nitrogen and oxygen atoms in total. The van der Waals surface area contributed by atoms with Crippen LogP contribution in [0.1, 0.15) is 21.6 Å². The summed E-state index contributed by atoms with van der Waals surface area (Å²) in [7, 11) is 2.87. The molecule has 1 aromatic heterocycles. The molecule has 0 saturated heterocycles. The van der Waals surface area contributed by atoms with Gasteiger partial charge in [-0.2, -0.15) is 0 Å². The molecule has 0 atom stereocenters. The zero-order chi connectivity index (χ0) is 16.1. The highest BCUT2D eigenvalue weighted by Crippen LogP contribution is 2.22. The Bertz CT molecular complexity index is 689. The molecule has 0 unspecified atom stereocenters. The summed E-state index contributed by atoms with van der Waals surface area (Å²) in [4.78, 5) is 16.0. The minimum absolute atomic E-state index is 0.409. The van der Waals surface area contributed by atoms with E-state index in [0.717, 1.165) is 21.5 Å². The summed E-state index contributed by atoms with van der Waals surface area (Å²) in [5.74, 6) is 0.865. The Labute approximate surface area is 137 Å². The molecule has 0 aliphatic heterocycles. The number of halogens is 1. The van der Waals surface area contributed by atoms with Crippen molar-refractivity contribution in [1.29, 1.82) is 0 Å². The Kier molecular flexibility index (Phi) is 5.38. The van der Waals surface area contributed by atoms with Gasteiger partial charge in [-0.1, -0.05) is 6.07 Å². The van der Waals surface area contributed by atoms with Crippen LogP contribution >= 0.6 is 15.9 Å². The summed E-state index contributed by atoms with van der Waals surface area (Å²) in [5.41, 5.74) is 2.31. The first-order valence-corrected chi connectivity index (χ1v) is 7.46. The fourth-order valence-electron chi connectivity index (χ4n) is 1.96. The van der Waals surface area contributed by atoms with Gasteiger partial charge in [-0.05, 0) is 52.7 Å². The van der Waals surface area contributed by atoms with Crippen molar-refractivity contribution in [1.82, 2.24) is 4.98 Å². The number of carbonyl (C=O) groups is 1. The van der Waals surface area contributed by atoms with Crippen LogP contribution in [-0.4, -0.2) is 25.2 Å². The number of aryl methyl sites for hydroxylation is 1. The second kappa shape index (κ2) is 7.26. The van der Waals surface area contributed by atoms with Crippen LogP contribution in [-0.2, 0) is 11.3 Å². The number of carbonyl (C=O) groups excluding carboxylic acids is 1. The Morgan fingerprint density at radius 1 is 1.27 bits per heavy atom. The first kappa shape index (κ1) is 16.3. The molecule has 0 aliphatic carbocycles. The zero-order valence-corrected chi connectivity index (χ0v) is 14.2. The van der Waals surface area contributed by atoms with Crippen LogP contribution < -0.4 is 10.1 Å². The van der Waals surface area contributed by atoms with Crippen molar-refractivity contribution in [2.75, 3.05) is 19.5 Å². The number of aromatic nitrogens is 1. The first-order chi connectivity index (χ1) is 10.5. The van der Waals surface area contributed by atoms with Crippen molar-refractivity contribution in [3.05, 3.63) is 51.6 Å². The van der Waals surface area contributed by atoms with Crippen molar-refractivity contribution in [3.8, 4) is 5.75 Å². The molecule has 0 bridgehead atoms. The molecular formula is C16H17BrN2O3. The van der Waals surface area contributed by atoms with Crippen molar-refractivity contribution >= 4 is 27.7 Å². The van der Waals surface area contributed by atoms with Gasteiger partial charge in [0.2, 0.25) is 0 Å². The van der Waals surface area contributed by atoms with Gasteiger partial charge in [0.1, 0.15) is 17.1 Å². The van der Waals surface area contributed by atoms with Crippen LogP contribution in [0.4, 0.5) is 5.82 Å². The maximum absolute atomic E-state index is 11.6. The van der Waals surface area contributed by atoms with Crippen molar-refractivity contribution in [2.45, 2.75) is 13.5 Å². The predicted octanol–water partition coefficient (Wildman–Crippen LogP) is 3.56. The van der Waals surface area contributed by atoms with Gasteiger partial charge < -0.3 is 14.8 Å². The predicted molar refractivity (Wildman–Crippen MR) is 88.3 cm³/mol. The maximum Gasteiger partial charge on any atom is 0.341 e. The molecule has 22 heavy (non-hydrogen) atoms. The minimum atomic E-state index is -0.415. The van der Waals surface area contributed by atoms with Crippen LogP contribution in [0.25, 0.3) is 0 Å². The number of esters is 1. The molecule has 1 N–H and O–H groups in total. The molecule has 0 aliphatic rings. The summed E-state index contributed by atoms with van der Waals surface area (Å²) in [6.45, 7) is 2.51. The number of anilines is 1. The first-order valence-electron chi connectivity index (χ1n) is 6.67. The number of nitrogens with zero attached hydrogens (tertiary/aromatic N) is 1. The third-order valence-electron chi connectivity index (χ3n) is 3.17. The summed E-state index contributed by atoms with van der Waals surface area (Å²) >= 11 is 3.42. The van der Waals surface area contributed by atoms with Crippen LogP contribution in [0.3, 0.4) is 0 Å². The second-order valence-corrected chi connectivity index (χ2v) is 5.50. The Balaban J connectivity index is 2.13. The molecule has 1 heterocycles. The number of methoxy groups -OCH3 is 2. The van der Waals surface area contributed by atoms with E-state index in [0.29, 0.717) is 17.9 Å². The van der Waals surface area contributed by atoms with Crippen molar-refractivity contribution in [3.63, 3.8) is 0 Å². The van der Waals surface area contributed by atoms with Gasteiger partial charge in [0.15, 0.2) is 0 Å². The Morgan fingerprint density at radius 3 is 2.68 bits per heavy atom. The smallest absolute Gasteiger partial charge is 0.341 e. The summed E-state index contributed by atoms with van der Waals surface area (Å²) in [5, 5.41) is 3.24. The standard InChI is InChI=1S/C16H17BrN2O3/c1-10-13(17)6-7-15(19-10)18-9-11-4-5-12(16(20)22-3)14(8-11)21-2/h4-8H,9H2,1-3H3,(H,18,19). The normalized spacial score (nSPS) is 10.2. The van der Waals surface area contributed by atoms with Crippen LogP contribution in [0, 0.1) is 6.92 Å². The molecule has 0 radical (unpaired) electrons. The van der Waals surface area contributed by atoms with E-state index in [-0.39, 0.29) is 0 Å². The lowest BCUT2D eigenvalue weighted by Crippen LogP contribution is -2.06. The van der Waals surface area contributed by atoms with E-state index >= 15 is 0 Å². The van der Waals surface area contributed by atoms with E-state index in [1.807, 2.05) is 31.2 Å². The zero-order valence-electron chi connectivity index (χ0n) is 12.6. The molecule has 0 saturated carbocycles. The lowest BCUT2D eigenvalue weighted by Gasteiger charge is -2.11. The summed E-state index contributed by atoms with van der Waals surface area (Å²) in [6.07, 6.45) is 0. The van der Waals surface area contributed by atoms with E-state index in [4.69, 9.17) is 9.47 Å². The van der Waals surface area contributed by atoms with Crippen molar-refractivity contribution in [2.24, 2.45) is 0 Å². The number of ether oxygens (including phenoxy) is 2. The van der Waals surface area contributed by atoms with E-state index in [1.165, 1.54) is 14.2 Å². The lowest BCUT2D eigenvalue weighted by atomic mass is 10.1. The number of rotatable bonds is 5. The van der Waals surface area contributed by atoms with Crippen LogP contribution in [0.2, 0.25) is 0 Å². The topological polar surface area (TPSA) is 60.5 Å². The van der Waals surface area contributed by atoms with Crippen LogP contribution in [0.15, 0.2) is 34.8 Å². The molecule has 0 amide bonds. The number of benzene rings is 1. The number of hydrogen-bond acceptors (Lipinski definition) is 5. The largest absolute Gasteiger partial charge is 0.496 e. The molecule has 0 fully saturated rings. The molecule has 6 heteroatoms. The van der Waals surface area contributed by atoms with Crippen molar-refractivity contribution < 1.29 is 14.3 Å². The molecule has 0 spiro atoms.